The summed E-state index contributed by atoms with van der Waals surface area (Å²) in [5.74, 6) is 0.153. The summed E-state index contributed by atoms with van der Waals surface area (Å²) >= 11 is 1.62. The molecule has 0 saturated heterocycles. The number of nitrogen functional groups attached to an aromatic ring is 1. The van der Waals surface area contributed by atoms with Crippen molar-refractivity contribution in [2.45, 2.75) is 11.3 Å². The minimum atomic E-state index is 0.153. The van der Waals surface area contributed by atoms with Gasteiger partial charge in [0.2, 0.25) is 0 Å². The van der Waals surface area contributed by atoms with Crippen LogP contribution in [-0.2, 0) is 4.79 Å². The van der Waals surface area contributed by atoms with Crippen LogP contribution < -0.4 is 11.1 Å². The average Bonchev–Trinajstić information content (AvgIpc) is 2.26. The molecule has 0 unspecified atom stereocenters. The van der Waals surface area contributed by atoms with Crippen LogP contribution in [0.15, 0.2) is 45.8 Å². The third kappa shape index (κ3) is 1.51. The van der Waals surface area contributed by atoms with E-state index >= 15 is 0 Å². The molecule has 3 N–H and O–H groups in total. The summed E-state index contributed by atoms with van der Waals surface area (Å²) in [5.41, 5.74) is 8.57. The van der Waals surface area contributed by atoms with Gasteiger partial charge in [-0.1, -0.05) is 11.8 Å². The molecule has 16 heavy (non-hydrogen) atoms. The van der Waals surface area contributed by atoms with Crippen molar-refractivity contribution in [3.05, 3.63) is 41.0 Å². The summed E-state index contributed by atoms with van der Waals surface area (Å²) in [7, 11) is 0. The summed E-state index contributed by atoms with van der Waals surface area (Å²) < 4.78 is 0. The second-order valence-electron chi connectivity index (χ2n) is 3.80. The number of nitrogens with one attached hydrogen (secondary N) is 1. The Kier molecular flexibility index (Phi) is 2.04. The van der Waals surface area contributed by atoms with E-state index in [4.69, 9.17) is 5.73 Å². The van der Waals surface area contributed by atoms with Crippen LogP contribution in [0.5, 0.6) is 0 Å². The summed E-state index contributed by atoms with van der Waals surface area (Å²) in [6.07, 6.45) is 3.94. The highest BCUT2D eigenvalue weighted by Gasteiger charge is 2.21. The van der Waals surface area contributed by atoms with E-state index in [2.05, 4.69) is 5.32 Å². The molecule has 0 amide bonds. The van der Waals surface area contributed by atoms with Crippen LogP contribution in [0, 0.1) is 0 Å². The van der Waals surface area contributed by atoms with Gasteiger partial charge in [-0.2, -0.15) is 0 Å². The molecule has 0 aromatic heterocycles. The molecular weight excluding hydrogens is 220 g/mol. The average molecular weight is 230 g/mol. The predicted molar refractivity (Wildman–Crippen MR) is 66.1 cm³/mol. The van der Waals surface area contributed by atoms with Gasteiger partial charge in [0, 0.05) is 27.6 Å². The fraction of sp³-hybridized carbons (Fsp3) is 0.0833. The molecule has 80 valence electrons. The Balaban J connectivity index is 2.02. The number of carbonyl (C=O) groups excluding carboxylic acids is 1. The van der Waals surface area contributed by atoms with Gasteiger partial charge < -0.3 is 11.1 Å². The summed E-state index contributed by atoms with van der Waals surface area (Å²) in [6.45, 7) is 0. The highest BCUT2D eigenvalue weighted by molar-refractivity contribution is 8.03. The Bertz CT molecular complexity index is 546. The predicted octanol–water partition coefficient (Wildman–Crippen LogP) is 2.53. The standard InChI is InChI=1S/C12H10N2OS/c13-7-1-3-9-11(5-7)16-12-6-8(15)2-4-10(12)14-9/h1-5,14H,6,13H2. The quantitative estimate of drug-likeness (QED) is 0.672. The second kappa shape index (κ2) is 3.42. The van der Waals surface area contributed by atoms with Gasteiger partial charge in [-0.25, -0.2) is 0 Å². The summed E-state index contributed by atoms with van der Waals surface area (Å²) in [5, 5.41) is 3.31. The first kappa shape index (κ1) is 9.54. The SMILES string of the molecule is Nc1ccc2c(c1)SC1=C(C=CC(=O)C1)N2. The fourth-order valence-electron chi connectivity index (χ4n) is 1.79. The number of benzene rings is 1. The monoisotopic (exact) mass is 230 g/mol. The first-order valence-corrected chi connectivity index (χ1v) is 5.82. The number of allylic oxidation sites excluding steroid dienone is 3. The highest BCUT2D eigenvalue weighted by Crippen LogP contribution is 2.43. The number of hydrogen-bond donors (Lipinski definition) is 2. The Labute approximate surface area is 97.4 Å². The zero-order chi connectivity index (χ0) is 11.1. The van der Waals surface area contributed by atoms with Gasteiger partial charge in [-0.05, 0) is 30.4 Å². The number of nitrogens with two attached hydrogens (primary N) is 1. The maximum atomic E-state index is 11.3. The van der Waals surface area contributed by atoms with Crippen LogP contribution in [0.3, 0.4) is 0 Å². The van der Waals surface area contributed by atoms with Crippen LogP contribution in [0.1, 0.15) is 6.42 Å². The van der Waals surface area contributed by atoms with E-state index in [1.54, 1.807) is 17.8 Å². The van der Waals surface area contributed by atoms with Gasteiger partial charge in [-0.15, -0.1) is 0 Å². The first-order chi connectivity index (χ1) is 7.72. The van der Waals surface area contributed by atoms with Crippen molar-refractivity contribution in [3.8, 4) is 0 Å². The van der Waals surface area contributed by atoms with Gasteiger partial charge in [0.15, 0.2) is 5.78 Å². The van der Waals surface area contributed by atoms with Gasteiger partial charge >= 0.3 is 0 Å². The molecule has 0 fully saturated rings. The molecule has 2 aliphatic rings. The first-order valence-electron chi connectivity index (χ1n) is 5.01. The lowest BCUT2D eigenvalue weighted by Crippen LogP contribution is -2.12. The van der Waals surface area contributed by atoms with E-state index in [-0.39, 0.29) is 5.78 Å². The van der Waals surface area contributed by atoms with Crippen molar-refractivity contribution < 1.29 is 4.79 Å². The second-order valence-corrected chi connectivity index (χ2v) is 4.93. The smallest absolute Gasteiger partial charge is 0.160 e. The zero-order valence-electron chi connectivity index (χ0n) is 8.49. The van der Waals surface area contributed by atoms with Crippen molar-refractivity contribution in [2.75, 3.05) is 11.1 Å². The van der Waals surface area contributed by atoms with E-state index in [0.717, 1.165) is 26.9 Å². The lowest BCUT2D eigenvalue weighted by atomic mass is 10.1. The van der Waals surface area contributed by atoms with Crippen molar-refractivity contribution in [1.82, 2.24) is 0 Å². The molecular formula is C12H10N2OS. The maximum absolute atomic E-state index is 11.3. The van der Waals surface area contributed by atoms with Gasteiger partial charge in [0.1, 0.15) is 0 Å². The lowest BCUT2D eigenvalue weighted by Gasteiger charge is -2.24. The zero-order valence-corrected chi connectivity index (χ0v) is 9.30. The van der Waals surface area contributed by atoms with Gasteiger partial charge in [0.05, 0.1) is 5.69 Å². The van der Waals surface area contributed by atoms with E-state index < -0.39 is 0 Å². The Morgan fingerprint density at radius 3 is 3.06 bits per heavy atom. The summed E-state index contributed by atoms with van der Waals surface area (Å²) in [4.78, 5) is 13.5. The largest absolute Gasteiger partial charge is 0.399 e. The number of ketones is 1. The molecule has 1 aliphatic carbocycles. The number of hydrogen-bond acceptors (Lipinski definition) is 4. The number of carbonyl (C=O) groups is 1. The summed E-state index contributed by atoms with van der Waals surface area (Å²) in [6, 6.07) is 5.76. The van der Waals surface area contributed by atoms with Crippen LogP contribution in [0.4, 0.5) is 11.4 Å². The molecule has 4 heteroatoms. The van der Waals surface area contributed by atoms with E-state index in [1.165, 1.54) is 0 Å². The Morgan fingerprint density at radius 2 is 2.19 bits per heavy atom. The Hall–Kier alpha value is -1.68. The molecule has 1 heterocycles. The number of thioether (sulfide) groups is 1. The normalized spacial score (nSPS) is 17.9. The lowest BCUT2D eigenvalue weighted by molar-refractivity contribution is -0.114. The molecule has 1 aromatic rings. The van der Waals surface area contributed by atoms with Crippen molar-refractivity contribution >= 4 is 28.9 Å². The van der Waals surface area contributed by atoms with E-state index in [1.807, 2.05) is 24.3 Å². The van der Waals surface area contributed by atoms with Crippen LogP contribution in [0.2, 0.25) is 0 Å². The molecule has 0 saturated carbocycles. The highest BCUT2D eigenvalue weighted by atomic mass is 32.2. The van der Waals surface area contributed by atoms with Crippen LogP contribution in [0.25, 0.3) is 0 Å². The molecule has 1 aliphatic heterocycles. The number of fused-ring (bicyclic) bond motifs is 1. The maximum Gasteiger partial charge on any atom is 0.160 e. The molecule has 3 rings (SSSR count). The fourth-order valence-corrected chi connectivity index (χ4v) is 2.92. The minimum absolute atomic E-state index is 0.153. The Morgan fingerprint density at radius 1 is 1.31 bits per heavy atom. The molecule has 0 radical (unpaired) electrons. The van der Waals surface area contributed by atoms with Crippen LogP contribution >= 0.6 is 11.8 Å². The number of anilines is 2. The minimum Gasteiger partial charge on any atom is -0.399 e. The molecule has 0 spiro atoms. The van der Waals surface area contributed by atoms with Crippen molar-refractivity contribution in [2.24, 2.45) is 0 Å². The van der Waals surface area contributed by atoms with E-state index in [0.29, 0.717) is 6.42 Å². The van der Waals surface area contributed by atoms with Crippen LogP contribution in [-0.4, -0.2) is 5.78 Å². The van der Waals surface area contributed by atoms with Crippen molar-refractivity contribution in [3.63, 3.8) is 0 Å². The van der Waals surface area contributed by atoms with Gasteiger partial charge in [-0.3, -0.25) is 4.79 Å². The number of rotatable bonds is 0. The van der Waals surface area contributed by atoms with Crippen molar-refractivity contribution in [1.29, 1.82) is 0 Å². The molecule has 3 nitrogen and oxygen atoms in total. The molecule has 0 atom stereocenters. The molecule has 0 bridgehead atoms. The third-order valence-corrected chi connectivity index (χ3v) is 3.75. The molecule has 1 aromatic carbocycles. The van der Waals surface area contributed by atoms with Gasteiger partial charge in [0.25, 0.3) is 0 Å². The topological polar surface area (TPSA) is 55.1 Å². The third-order valence-electron chi connectivity index (χ3n) is 2.58. The van der Waals surface area contributed by atoms with E-state index in [9.17, 15) is 4.79 Å².